The van der Waals surface area contributed by atoms with Crippen LogP contribution in [0.3, 0.4) is 0 Å². The van der Waals surface area contributed by atoms with Gasteiger partial charge in [-0.05, 0) is 26.7 Å². The Hall–Kier alpha value is -0.120. The van der Waals surface area contributed by atoms with Crippen molar-refractivity contribution in [1.29, 1.82) is 0 Å². The van der Waals surface area contributed by atoms with Gasteiger partial charge in [0.1, 0.15) is 0 Å². The molecule has 0 unspecified atom stereocenters. The van der Waals surface area contributed by atoms with E-state index in [1.54, 1.807) is 13.8 Å². The van der Waals surface area contributed by atoms with E-state index in [2.05, 4.69) is 5.32 Å². The molecule has 0 spiro atoms. The van der Waals surface area contributed by atoms with Crippen LogP contribution in [0.15, 0.2) is 0 Å². The smallest absolute Gasteiger partial charge is 0.0771 e. The van der Waals surface area contributed by atoms with Crippen molar-refractivity contribution in [3.63, 3.8) is 0 Å². The minimum absolute atomic E-state index is 0.524. The first-order chi connectivity index (χ1) is 6.41. The van der Waals surface area contributed by atoms with Crippen LogP contribution in [0.5, 0.6) is 0 Å². The maximum atomic E-state index is 10.1. The van der Waals surface area contributed by atoms with Gasteiger partial charge in [-0.3, -0.25) is 0 Å². The van der Waals surface area contributed by atoms with Crippen molar-refractivity contribution < 1.29 is 10.2 Å². The van der Waals surface area contributed by atoms with E-state index >= 15 is 0 Å². The highest BCUT2D eigenvalue weighted by molar-refractivity contribution is 4.85. The summed E-state index contributed by atoms with van der Waals surface area (Å²) in [5, 5.41) is 22.7. The van der Waals surface area contributed by atoms with Gasteiger partial charge >= 0.3 is 0 Å². The molecule has 0 aromatic heterocycles. The fraction of sp³-hybridized carbons (Fsp3) is 1.00. The lowest BCUT2D eigenvalue weighted by molar-refractivity contribution is -0.00164. The summed E-state index contributed by atoms with van der Waals surface area (Å²) in [4.78, 5) is 0. The topological polar surface area (TPSA) is 52.5 Å². The first kappa shape index (κ1) is 12.0. The molecule has 0 amide bonds. The third-order valence-corrected chi connectivity index (χ3v) is 2.80. The van der Waals surface area contributed by atoms with Crippen molar-refractivity contribution in [3.8, 4) is 0 Å². The molecular weight excluding hydrogens is 178 g/mol. The molecule has 3 heteroatoms. The monoisotopic (exact) mass is 201 g/mol. The second kappa shape index (κ2) is 4.60. The first-order valence-corrected chi connectivity index (χ1v) is 5.57. The third-order valence-electron chi connectivity index (χ3n) is 2.80. The van der Waals surface area contributed by atoms with Gasteiger partial charge in [-0.15, -0.1) is 0 Å². The van der Waals surface area contributed by atoms with Crippen molar-refractivity contribution >= 4 is 0 Å². The SMILES string of the molecule is CC(C)(O)CNCC1(O)CCCCC1. The first-order valence-electron chi connectivity index (χ1n) is 5.57. The van der Waals surface area contributed by atoms with Crippen molar-refractivity contribution in [1.82, 2.24) is 5.32 Å². The molecule has 1 aliphatic carbocycles. The zero-order chi connectivity index (χ0) is 10.7. The standard InChI is InChI=1S/C11H23NO2/c1-10(2,13)8-12-9-11(14)6-4-3-5-7-11/h12-14H,3-9H2,1-2H3. The van der Waals surface area contributed by atoms with E-state index in [1.807, 2.05) is 0 Å². The molecule has 3 N–H and O–H groups in total. The fourth-order valence-electron chi connectivity index (χ4n) is 1.99. The predicted octanol–water partition coefficient (Wildman–Crippen LogP) is 1.04. The van der Waals surface area contributed by atoms with Crippen LogP contribution in [0, 0.1) is 0 Å². The normalized spacial score (nSPS) is 22.3. The molecule has 3 nitrogen and oxygen atoms in total. The van der Waals surface area contributed by atoms with Crippen molar-refractivity contribution in [3.05, 3.63) is 0 Å². The summed E-state index contributed by atoms with van der Waals surface area (Å²) in [7, 11) is 0. The predicted molar refractivity (Wildman–Crippen MR) is 57.2 cm³/mol. The summed E-state index contributed by atoms with van der Waals surface area (Å²) in [6, 6.07) is 0. The quantitative estimate of drug-likeness (QED) is 0.637. The average Bonchev–Trinajstić information content (AvgIpc) is 2.02. The Morgan fingerprint density at radius 3 is 2.29 bits per heavy atom. The van der Waals surface area contributed by atoms with E-state index in [9.17, 15) is 10.2 Å². The van der Waals surface area contributed by atoms with E-state index in [1.165, 1.54) is 6.42 Å². The van der Waals surface area contributed by atoms with Gasteiger partial charge in [0.25, 0.3) is 0 Å². The zero-order valence-corrected chi connectivity index (χ0v) is 9.34. The Balaban J connectivity index is 2.22. The second-order valence-electron chi connectivity index (χ2n) is 5.20. The average molecular weight is 201 g/mol. The Kier molecular flexibility index (Phi) is 3.93. The second-order valence-corrected chi connectivity index (χ2v) is 5.20. The summed E-state index contributed by atoms with van der Waals surface area (Å²) >= 11 is 0. The van der Waals surface area contributed by atoms with Gasteiger partial charge in [0.05, 0.1) is 11.2 Å². The van der Waals surface area contributed by atoms with Crippen LogP contribution in [-0.4, -0.2) is 34.5 Å². The molecular formula is C11H23NO2. The summed E-state index contributed by atoms with van der Waals surface area (Å²) < 4.78 is 0. The summed E-state index contributed by atoms with van der Waals surface area (Å²) in [6.07, 6.45) is 5.28. The van der Waals surface area contributed by atoms with Gasteiger partial charge in [0.15, 0.2) is 0 Å². The number of nitrogens with one attached hydrogen (secondary N) is 1. The van der Waals surface area contributed by atoms with Crippen LogP contribution in [0.4, 0.5) is 0 Å². The summed E-state index contributed by atoms with van der Waals surface area (Å²) in [6.45, 7) is 4.68. The lowest BCUT2D eigenvalue weighted by Gasteiger charge is -2.33. The molecule has 1 aliphatic rings. The Morgan fingerprint density at radius 2 is 1.79 bits per heavy atom. The van der Waals surface area contributed by atoms with E-state index in [4.69, 9.17) is 0 Å². The van der Waals surface area contributed by atoms with E-state index in [-0.39, 0.29) is 0 Å². The minimum Gasteiger partial charge on any atom is -0.389 e. The van der Waals surface area contributed by atoms with E-state index in [0.29, 0.717) is 13.1 Å². The molecule has 0 atom stereocenters. The Bertz CT molecular complexity index is 169. The molecule has 14 heavy (non-hydrogen) atoms. The Morgan fingerprint density at radius 1 is 1.21 bits per heavy atom. The lowest BCUT2D eigenvalue weighted by atomic mass is 9.85. The van der Waals surface area contributed by atoms with Gasteiger partial charge < -0.3 is 15.5 Å². The van der Waals surface area contributed by atoms with Crippen molar-refractivity contribution in [2.75, 3.05) is 13.1 Å². The molecule has 0 aliphatic heterocycles. The molecule has 0 saturated heterocycles. The maximum Gasteiger partial charge on any atom is 0.0771 e. The molecule has 0 aromatic rings. The fourth-order valence-corrected chi connectivity index (χ4v) is 1.99. The van der Waals surface area contributed by atoms with Crippen LogP contribution in [0.1, 0.15) is 46.0 Å². The summed E-state index contributed by atoms with van der Waals surface area (Å²) in [5.74, 6) is 0. The van der Waals surface area contributed by atoms with Gasteiger partial charge in [0.2, 0.25) is 0 Å². The maximum absolute atomic E-state index is 10.1. The van der Waals surface area contributed by atoms with Crippen LogP contribution >= 0.6 is 0 Å². The molecule has 0 radical (unpaired) electrons. The molecule has 0 aromatic carbocycles. The molecule has 1 fully saturated rings. The number of hydrogen-bond acceptors (Lipinski definition) is 3. The molecule has 1 rings (SSSR count). The van der Waals surface area contributed by atoms with Crippen molar-refractivity contribution in [2.45, 2.75) is 57.2 Å². The molecule has 0 heterocycles. The zero-order valence-electron chi connectivity index (χ0n) is 9.34. The Labute approximate surface area is 86.5 Å². The molecule has 84 valence electrons. The minimum atomic E-state index is -0.689. The highest BCUT2D eigenvalue weighted by atomic mass is 16.3. The molecule has 0 bridgehead atoms. The highest BCUT2D eigenvalue weighted by Gasteiger charge is 2.29. The number of rotatable bonds is 4. The third kappa shape index (κ3) is 4.40. The van der Waals surface area contributed by atoms with Gasteiger partial charge in [-0.1, -0.05) is 19.3 Å². The number of hydrogen-bond donors (Lipinski definition) is 3. The van der Waals surface area contributed by atoms with Crippen LogP contribution in [-0.2, 0) is 0 Å². The molecule has 1 saturated carbocycles. The van der Waals surface area contributed by atoms with E-state index < -0.39 is 11.2 Å². The largest absolute Gasteiger partial charge is 0.389 e. The number of aliphatic hydroxyl groups is 2. The van der Waals surface area contributed by atoms with Crippen LogP contribution in [0.2, 0.25) is 0 Å². The van der Waals surface area contributed by atoms with Crippen LogP contribution < -0.4 is 5.32 Å². The summed E-state index contributed by atoms with van der Waals surface area (Å²) in [5.41, 5.74) is -1.21. The highest BCUT2D eigenvalue weighted by Crippen LogP contribution is 2.27. The lowest BCUT2D eigenvalue weighted by Crippen LogP contribution is -2.46. The van der Waals surface area contributed by atoms with Crippen molar-refractivity contribution in [2.24, 2.45) is 0 Å². The van der Waals surface area contributed by atoms with Crippen LogP contribution in [0.25, 0.3) is 0 Å². The van der Waals surface area contributed by atoms with E-state index in [0.717, 1.165) is 25.7 Å². The van der Waals surface area contributed by atoms with Gasteiger partial charge in [0, 0.05) is 13.1 Å². The van der Waals surface area contributed by atoms with Gasteiger partial charge in [-0.25, -0.2) is 0 Å². The van der Waals surface area contributed by atoms with Gasteiger partial charge in [-0.2, -0.15) is 0 Å².